The molecule has 0 spiro atoms. The Labute approximate surface area is 113 Å². The van der Waals surface area contributed by atoms with Crippen LogP contribution in [0.1, 0.15) is 32.6 Å². The molecule has 2 aliphatic heterocycles. The first-order valence-corrected chi connectivity index (χ1v) is 6.98. The fourth-order valence-electron chi connectivity index (χ4n) is 2.32. The van der Waals surface area contributed by atoms with Crippen LogP contribution in [0.25, 0.3) is 0 Å². The monoisotopic (exact) mass is 270 g/mol. The molecule has 0 unspecified atom stereocenters. The van der Waals surface area contributed by atoms with Crippen molar-refractivity contribution in [3.05, 3.63) is 0 Å². The second-order valence-corrected chi connectivity index (χ2v) is 5.16. The molecule has 2 fully saturated rings. The highest BCUT2D eigenvalue weighted by Crippen LogP contribution is 2.12. The van der Waals surface area contributed by atoms with Crippen molar-refractivity contribution in [3.63, 3.8) is 0 Å². The molecule has 2 N–H and O–H groups in total. The van der Waals surface area contributed by atoms with Crippen LogP contribution < -0.4 is 10.6 Å². The van der Waals surface area contributed by atoms with Gasteiger partial charge in [0, 0.05) is 25.8 Å². The van der Waals surface area contributed by atoms with Crippen LogP contribution in [0.15, 0.2) is 0 Å². The second-order valence-electron chi connectivity index (χ2n) is 5.16. The molecule has 0 aliphatic carbocycles. The zero-order valence-electron chi connectivity index (χ0n) is 11.3. The minimum absolute atomic E-state index is 0.0867. The molecule has 0 aromatic heterocycles. The quantitative estimate of drug-likeness (QED) is 0.735. The highest BCUT2D eigenvalue weighted by Gasteiger charge is 2.26. The molecule has 2 amide bonds. The van der Waals surface area contributed by atoms with Gasteiger partial charge in [-0.2, -0.15) is 0 Å². The van der Waals surface area contributed by atoms with Crippen LogP contribution in [0.3, 0.4) is 0 Å². The van der Waals surface area contributed by atoms with Crippen LogP contribution in [-0.4, -0.2) is 49.8 Å². The number of nitrogens with one attached hydrogen (secondary N) is 2. The van der Waals surface area contributed by atoms with Crippen molar-refractivity contribution in [2.45, 2.75) is 50.9 Å². The Bertz CT molecular complexity index is 323. The van der Waals surface area contributed by atoms with Crippen LogP contribution in [0.5, 0.6) is 0 Å². The third-order valence-electron chi connectivity index (χ3n) is 3.42. The summed E-state index contributed by atoms with van der Waals surface area (Å²) >= 11 is 0. The van der Waals surface area contributed by atoms with Crippen LogP contribution in [0.2, 0.25) is 0 Å². The van der Waals surface area contributed by atoms with E-state index >= 15 is 0 Å². The van der Waals surface area contributed by atoms with Crippen molar-refractivity contribution in [1.29, 1.82) is 0 Å². The third-order valence-corrected chi connectivity index (χ3v) is 3.42. The molecule has 0 saturated carbocycles. The van der Waals surface area contributed by atoms with Crippen LogP contribution >= 0.6 is 0 Å². The van der Waals surface area contributed by atoms with E-state index in [1.165, 1.54) is 0 Å². The average molecular weight is 270 g/mol. The maximum Gasteiger partial charge on any atom is 0.249 e. The summed E-state index contributed by atoms with van der Waals surface area (Å²) in [7, 11) is 0. The molecule has 19 heavy (non-hydrogen) atoms. The fraction of sp³-hybridized carbons (Fsp3) is 0.846. The smallest absolute Gasteiger partial charge is 0.249 e. The Morgan fingerprint density at radius 2 is 1.68 bits per heavy atom. The first-order chi connectivity index (χ1) is 9.16. The molecular formula is C13H22N2O4. The summed E-state index contributed by atoms with van der Waals surface area (Å²) in [6.45, 7) is 3.59. The molecule has 0 radical (unpaired) electrons. The van der Waals surface area contributed by atoms with E-state index in [-0.39, 0.29) is 30.1 Å². The van der Waals surface area contributed by atoms with Gasteiger partial charge < -0.3 is 20.1 Å². The van der Waals surface area contributed by atoms with Crippen molar-refractivity contribution in [1.82, 2.24) is 10.6 Å². The molecule has 0 bridgehead atoms. The van der Waals surface area contributed by atoms with Gasteiger partial charge in [0.2, 0.25) is 11.8 Å². The van der Waals surface area contributed by atoms with Gasteiger partial charge in [0.15, 0.2) is 0 Å². The van der Waals surface area contributed by atoms with Gasteiger partial charge in [0.1, 0.15) is 12.2 Å². The Kier molecular flexibility index (Phi) is 5.15. The van der Waals surface area contributed by atoms with Gasteiger partial charge in [0.05, 0.1) is 0 Å². The summed E-state index contributed by atoms with van der Waals surface area (Å²) in [5.74, 6) is -0.174. The zero-order chi connectivity index (χ0) is 13.7. The normalized spacial score (nSPS) is 28.1. The van der Waals surface area contributed by atoms with E-state index < -0.39 is 0 Å². The molecule has 6 nitrogen and oxygen atoms in total. The summed E-state index contributed by atoms with van der Waals surface area (Å²) in [5, 5.41) is 5.65. The highest BCUT2D eigenvalue weighted by atomic mass is 16.5. The third kappa shape index (κ3) is 4.18. The van der Waals surface area contributed by atoms with E-state index in [2.05, 4.69) is 10.6 Å². The lowest BCUT2D eigenvalue weighted by Gasteiger charge is -2.18. The van der Waals surface area contributed by atoms with Gasteiger partial charge in [-0.25, -0.2) is 0 Å². The predicted octanol–water partition coefficient (Wildman–Crippen LogP) is -0.0347. The van der Waals surface area contributed by atoms with Crippen molar-refractivity contribution < 1.29 is 19.1 Å². The number of carbonyl (C=O) groups excluding carboxylic acids is 2. The first-order valence-electron chi connectivity index (χ1n) is 6.98. The summed E-state index contributed by atoms with van der Waals surface area (Å²) in [6, 6.07) is -0.109. The first kappa shape index (κ1) is 14.3. The minimum atomic E-state index is -0.323. The molecule has 2 heterocycles. The number of hydrogen-bond donors (Lipinski definition) is 2. The van der Waals surface area contributed by atoms with Crippen molar-refractivity contribution >= 4 is 11.8 Å². The molecule has 2 aliphatic rings. The summed E-state index contributed by atoms with van der Waals surface area (Å²) in [5.41, 5.74) is 0. The van der Waals surface area contributed by atoms with Crippen LogP contribution in [-0.2, 0) is 19.1 Å². The molecule has 3 atom stereocenters. The maximum absolute atomic E-state index is 11.8. The number of hydrogen-bond acceptors (Lipinski definition) is 4. The standard InChI is InChI=1S/C13H22N2O4/c1-9(15-13(17)11-5-3-7-19-11)8-14-12(16)10-4-2-6-18-10/h9-11H,2-8H2,1H3,(H,14,16)(H,15,17)/t9-,10-,11+/m1/s1. The molecule has 0 aromatic carbocycles. The zero-order valence-corrected chi connectivity index (χ0v) is 11.3. The van der Waals surface area contributed by atoms with Crippen LogP contribution in [0, 0.1) is 0 Å². The number of amides is 2. The van der Waals surface area contributed by atoms with Crippen molar-refractivity contribution in [3.8, 4) is 0 Å². The van der Waals surface area contributed by atoms with Gasteiger partial charge in [0.25, 0.3) is 0 Å². The summed E-state index contributed by atoms with van der Waals surface area (Å²) in [6.07, 6.45) is 2.78. The molecular weight excluding hydrogens is 248 g/mol. The Balaban J connectivity index is 1.64. The van der Waals surface area contributed by atoms with E-state index in [4.69, 9.17) is 9.47 Å². The van der Waals surface area contributed by atoms with Crippen molar-refractivity contribution in [2.75, 3.05) is 19.8 Å². The molecule has 0 aromatic rings. The van der Waals surface area contributed by atoms with Gasteiger partial charge in [-0.3, -0.25) is 9.59 Å². The van der Waals surface area contributed by atoms with E-state index in [1.54, 1.807) is 0 Å². The average Bonchev–Trinajstić information content (AvgIpc) is 3.07. The molecule has 2 saturated heterocycles. The van der Waals surface area contributed by atoms with E-state index in [9.17, 15) is 9.59 Å². The Morgan fingerprint density at radius 1 is 1.11 bits per heavy atom. The van der Waals surface area contributed by atoms with Crippen molar-refractivity contribution in [2.24, 2.45) is 0 Å². The Morgan fingerprint density at radius 3 is 2.21 bits per heavy atom. The van der Waals surface area contributed by atoms with E-state index in [0.717, 1.165) is 25.7 Å². The Hall–Kier alpha value is -1.14. The maximum atomic E-state index is 11.8. The number of ether oxygens (including phenoxy) is 2. The number of rotatable bonds is 5. The molecule has 6 heteroatoms. The fourth-order valence-corrected chi connectivity index (χ4v) is 2.32. The lowest BCUT2D eigenvalue weighted by Crippen LogP contribution is -2.47. The predicted molar refractivity (Wildman–Crippen MR) is 68.6 cm³/mol. The molecule has 108 valence electrons. The highest BCUT2D eigenvalue weighted by molar-refractivity contribution is 5.82. The van der Waals surface area contributed by atoms with Gasteiger partial charge >= 0.3 is 0 Å². The minimum Gasteiger partial charge on any atom is -0.368 e. The topological polar surface area (TPSA) is 76.7 Å². The van der Waals surface area contributed by atoms with Crippen LogP contribution in [0.4, 0.5) is 0 Å². The van der Waals surface area contributed by atoms with E-state index in [0.29, 0.717) is 19.8 Å². The number of carbonyl (C=O) groups is 2. The van der Waals surface area contributed by atoms with E-state index in [1.807, 2.05) is 6.92 Å². The summed E-state index contributed by atoms with van der Waals surface area (Å²) < 4.78 is 10.6. The lowest BCUT2D eigenvalue weighted by atomic mass is 10.2. The lowest BCUT2D eigenvalue weighted by molar-refractivity contribution is -0.132. The SMILES string of the molecule is C[C@H](CNC(=O)[C@H]1CCCO1)NC(=O)[C@@H]1CCCO1. The van der Waals surface area contributed by atoms with Gasteiger partial charge in [-0.15, -0.1) is 0 Å². The van der Waals surface area contributed by atoms with Gasteiger partial charge in [-0.1, -0.05) is 0 Å². The largest absolute Gasteiger partial charge is 0.368 e. The second kappa shape index (κ2) is 6.86. The summed E-state index contributed by atoms with van der Waals surface area (Å²) in [4.78, 5) is 23.5. The molecule has 2 rings (SSSR count). The van der Waals surface area contributed by atoms with Gasteiger partial charge in [-0.05, 0) is 32.6 Å².